The van der Waals surface area contributed by atoms with Gasteiger partial charge in [-0.05, 0) is 37.9 Å². The number of hydrogen-bond donors (Lipinski definition) is 2. The SMILES string of the molecule is NC(=NO)c1ccc(N2CCCN3CCCC3C2)nc1. The Balaban J connectivity index is 1.74. The largest absolute Gasteiger partial charge is 0.409 e. The molecule has 1 aromatic rings. The standard InChI is InChI=1S/C14H21N5O/c15-14(17-20)11-4-5-13(16-9-11)19-8-2-7-18-6-1-3-12(18)10-19/h4-5,9,12,20H,1-3,6-8,10H2,(H2,15,17). The minimum absolute atomic E-state index is 0.0990. The Kier molecular flexibility index (Phi) is 3.73. The third kappa shape index (κ3) is 2.56. The Bertz CT molecular complexity index is 487. The summed E-state index contributed by atoms with van der Waals surface area (Å²) in [6.45, 7) is 4.54. The average Bonchev–Trinajstić information content (AvgIpc) is 2.83. The van der Waals surface area contributed by atoms with Crippen LogP contribution < -0.4 is 10.6 Å². The number of hydrogen-bond acceptors (Lipinski definition) is 5. The first-order valence-electron chi connectivity index (χ1n) is 7.21. The van der Waals surface area contributed by atoms with E-state index in [9.17, 15) is 0 Å². The molecule has 3 heterocycles. The molecule has 0 radical (unpaired) electrons. The van der Waals surface area contributed by atoms with Crippen molar-refractivity contribution in [1.82, 2.24) is 9.88 Å². The normalized spacial score (nSPS) is 24.5. The van der Waals surface area contributed by atoms with E-state index in [1.165, 1.54) is 32.4 Å². The van der Waals surface area contributed by atoms with Gasteiger partial charge >= 0.3 is 0 Å². The molecule has 20 heavy (non-hydrogen) atoms. The Morgan fingerprint density at radius 2 is 2.15 bits per heavy atom. The number of nitrogens with two attached hydrogens (primary N) is 1. The van der Waals surface area contributed by atoms with E-state index in [4.69, 9.17) is 10.9 Å². The lowest BCUT2D eigenvalue weighted by Gasteiger charge is -2.26. The molecule has 0 aliphatic carbocycles. The molecule has 2 fully saturated rings. The van der Waals surface area contributed by atoms with Crippen LogP contribution in [0.2, 0.25) is 0 Å². The zero-order valence-corrected chi connectivity index (χ0v) is 11.6. The molecular formula is C14H21N5O. The van der Waals surface area contributed by atoms with E-state index < -0.39 is 0 Å². The molecule has 6 nitrogen and oxygen atoms in total. The molecule has 0 aromatic carbocycles. The maximum absolute atomic E-state index is 8.67. The van der Waals surface area contributed by atoms with Crippen molar-refractivity contribution in [2.24, 2.45) is 10.9 Å². The highest BCUT2D eigenvalue weighted by molar-refractivity contribution is 5.96. The second-order valence-corrected chi connectivity index (χ2v) is 5.52. The second-order valence-electron chi connectivity index (χ2n) is 5.52. The number of aromatic nitrogens is 1. The monoisotopic (exact) mass is 275 g/mol. The molecule has 1 aromatic heterocycles. The van der Waals surface area contributed by atoms with Crippen molar-refractivity contribution in [2.45, 2.75) is 25.3 Å². The minimum Gasteiger partial charge on any atom is -0.409 e. The summed E-state index contributed by atoms with van der Waals surface area (Å²) in [5.41, 5.74) is 6.20. The zero-order chi connectivity index (χ0) is 13.9. The van der Waals surface area contributed by atoms with E-state index >= 15 is 0 Å². The first kappa shape index (κ1) is 13.2. The first-order chi connectivity index (χ1) is 9.78. The molecule has 0 bridgehead atoms. The van der Waals surface area contributed by atoms with Crippen molar-refractivity contribution in [3.05, 3.63) is 23.9 Å². The molecule has 2 aliphatic rings. The number of fused-ring (bicyclic) bond motifs is 1. The van der Waals surface area contributed by atoms with Crippen molar-refractivity contribution in [1.29, 1.82) is 0 Å². The molecule has 2 saturated heterocycles. The van der Waals surface area contributed by atoms with Crippen molar-refractivity contribution in [3.8, 4) is 0 Å². The van der Waals surface area contributed by atoms with Crippen LogP contribution >= 0.6 is 0 Å². The predicted molar refractivity (Wildman–Crippen MR) is 78.2 cm³/mol. The molecule has 3 N–H and O–H groups in total. The molecule has 1 unspecified atom stereocenters. The number of nitrogens with zero attached hydrogens (tertiary/aromatic N) is 4. The van der Waals surface area contributed by atoms with Crippen LogP contribution in [0, 0.1) is 0 Å². The molecule has 3 rings (SSSR count). The van der Waals surface area contributed by atoms with Crippen molar-refractivity contribution in [2.75, 3.05) is 31.1 Å². The van der Waals surface area contributed by atoms with Gasteiger partial charge in [-0.25, -0.2) is 4.98 Å². The quantitative estimate of drug-likeness (QED) is 0.362. The van der Waals surface area contributed by atoms with Crippen LogP contribution in [0.25, 0.3) is 0 Å². The fourth-order valence-electron chi connectivity index (χ4n) is 3.20. The van der Waals surface area contributed by atoms with Crippen LogP contribution in [-0.4, -0.2) is 53.1 Å². The number of anilines is 1. The topological polar surface area (TPSA) is 78.0 Å². The molecule has 108 valence electrons. The van der Waals surface area contributed by atoms with Gasteiger partial charge in [0.05, 0.1) is 0 Å². The van der Waals surface area contributed by atoms with Crippen molar-refractivity contribution < 1.29 is 5.21 Å². The van der Waals surface area contributed by atoms with Crippen molar-refractivity contribution >= 4 is 11.7 Å². The molecule has 6 heteroatoms. The summed E-state index contributed by atoms with van der Waals surface area (Å²) >= 11 is 0. The Hall–Kier alpha value is -1.82. The summed E-state index contributed by atoms with van der Waals surface area (Å²) in [6, 6.07) is 4.48. The van der Waals surface area contributed by atoms with Gasteiger partial charge < -0.3 is 15.8 Å². The third-order valence-corrected chi connectivity index (χ3v) is 4.28. The maximum atomic E-state index is 8.67. The number of rotatable bonds is 2. The number of pyridine rings is 1. The molecule has 0 spiro atoms. The lowest BCUT2D eigenvalue weighted by atomic mass is 10.2. The van der Waals surface area contributed by atoms with Gasteiger partial charge in [0.15, 0.2) is 5.84 Å². The molecule has 0 saturated carbocycles. The highest BCUT2D eigenvalue weighted by Gasteiger charge is 2.29. The van der Waals surface area contributed by atoms with Gasteiger partial charge in [0, 0.05) is 37.4 Å². The van der Waals surface area contributed by atoms with Gasteiger partial charge in [0.1, 0.15) is 5.82 Å². The Morgan fingerprint density at radius 1 is 1.30 bits per heavy atom. The molecular weight excluding hydrogens is 254 g/mol. The van der Waals surface area contributed by atoms with Crippen LogP contribution in [0.15, 0.2) is 23.5 Å². The zero-order valence-electron chi connectivity index (χ0n) is 11.6. The Morgan fingerprint density at radius 3 is 2.90 bits per heavy atom. The minimum atomic E-state index is 0.0990. The van der Waals surface area contributed by atoms with E-state index in [1.807, 2.05) is 12.1 Å². The van der Waals surface area contributed by atoms with E-state index in [0.29, 0.717) is 11.6 Å². The summed E-state index contributed by atoms with van der Waals surface area (Å²) in [5.74, 6) is 1.08. The number of oxime groups is 1. The van der Waals surface area contributed by atoms with Crippen LogP contribution in [0.4, 0.5) is 5.82 Å². The fraction of sp³-hybridized carbons (Fsp3) is 0.571. The van der Waals surface area contributed by atoms with Gasteiger partial charge in [-0.3, -0.25) is 4.90 Å². The van der Waals surface area contributed by atoms with E-state index in [1.54, 1.807) is 6.20 Å². The van der Waals surface area contributed by atoms with Gasteiger partial charge in [-0.2, -0.15) is 0 Å². The number of amidine groups is 1. The Labute approximate surface area is 118 Å². The summed E-state index contributed by atoms with van der Waals surface area (Å²) in [7, 11) is 0. The van der Waals surface area contributed by atoms with Gasteiger partial charge in [-0.15, -0.1) is 0 Å². The van der Waals surface area contributed by atoms with Crippen molar-refractivity contribution in [3.63, 3.8) is 0 Å². The summed E-state index contributed by atoms with van der Waals surface area (Å²) in [4.78, 5) is 9.42. The van der Waals surface area contributed by atoms with E-state index in [0.717, 1.165) is 18.9 Å². The summed E-state index contributed by atoms with van der Waals surface area (Å²) in [6.07, 6.45) is 5.45. The maximum Gasteiger partial charge on any atom is 0.171 e. The van der Waals surface area contributed by atoms with Crippen LogP contribution in [0.3, 0.4) is 0 Å². The fourth-order valence-corrected chi connectivity index (χ4v) is 3.20. The second kappa shape index (κ2) is 5.66. The van der Waals surface area contributed by atoms with Gasteiger partial charge in [0.25, 0.3) is 0 Å². The average molecular weight is 275 g/mol. The van der Waals surface area contributed by atoms with Gasteiger partial charge in [-0.1, -0.05) is 5.16 Å². The highest BCUT2D eigenvalue weighted by atomic mass is 16.4. The van der Waals surface area contributed by atoms with E-state index in [-0.39, 0.29) is 5.84 Å². The van der Waals surface area contributed by atoms with Gasteiger partial charge in [0.2, 0.25) is 0 Å². The molecule has 0 amide bonds. The highest BCUT2D eigenvalue weighted by Crippen LogP contribution is 2.24. The summed E-state index contributed by atoms with van der Waals surface area (Å²) in [5, 5.41) is 11.7. The van der Waals surface area contributed by atoms with Crippen LogP contribution in [0.1, 0.15) is 24.8 Å². The van der Waals surface area contributed by atoms with Crippen LogP contribution in [-0.2, 0) is 0 Å². The molecule has 2 aliphatic heterocycles. The first-order valence-corrected chi connectivity index (χ1v) is 7.21. The van der Waals surface area contributed by atoms with Crippen LogP contribution in [0.5, 0.6) is 0 Å². The predicted octanol–water partition coefficient (Wildman–Crippen LogP) is 0.851. The molecule has 1 atom stereocenters. The van der Waals surface area contributed by atoms with E-state index in [2.05, 4.69) is 19.9 Å². The lowest BCUT2D eigenvalue weighted by Crippen LogP contribution is -2.37. The smallest absolute Gasteiger partial charge is 0.171 e. The summed E-state index contributed by atoms with van der Waals surface area (Å²) < 4.78 is 0. The third-order valence-electron chi connectivity index (χ3n) is 4.28. The lowest BCUT2D eigenvalue weighted by molar-refractivity contribution is 0.273.